The lowest BCUT2D eigenvalue weighted by atomic mass is 10.1. The second-order valence-corrected chi connectivity index (χ2v) is 5.05. The molecule has 0 amide bonds. The Labute approximate surface area is 122 Å². The molecule has 0 spiro atoms. The van der Waals surface area contributed by atoms with Gasteiger partial charge in [0, 0.05) is 17.7 Å². The summed E-state index contributed by atoms with van der Waals surface area (Å²) in [5.74, 6) is 2.16. The van der Waals surface area contributed by atoms with Crippen molar-refractivity contribution in [3.05, 3.63) is 47.3 Å². The Morgan fingerprint density at radius 3 is 2.71 bits per heavy atom. The molecule has 0 fully saturated rings. The second-order valence-electron chi connectivity index (χ2n) is 5.05. The van der Waals surface area contributed by atoms with Crippen molar-refractivity contribution < 1.29 is 18.6 Å². The molecule has 0 aromatic heterocycles. The van der Waals surface area contributed by atoms with E-state index in [1.807, 2.05) is 0 Å². The van der Waals surface area contributed by atoms with E-state index in [-0.39, 0.29) is 18.7 Å². The Balaban J connectivity index is 1.95. The van der Waals surface area contributed by atoms with Gasteiger partial charge < -0.3 is 19.9 Å². The molecule has 5 heteroatoms. The second kappa shape index (κ2) is 5.26. The third kappa shape index (κ3) is 2.64. The van der Waals surface area contributed by atoms with E-state index >= 15 is 0 Å². The fraction of sp³-hybridized carbons (Fsp3) is 0.250. The summed E-state index contributed by atoms with van der Waals surface area (Å²) in [6.07, 6.45) is 0. The van der Waals surface area contributed by atoms with Gasteiger partial charge in [-0.15, -0.1) is 0 Å². The van der Waals surface area contributed by atoms with Crippen LogP contribution in [0, 0.1) is 12.7 Å². The smallest absolute Gasteiger partial charge is 0.231 e. The van der Waals surface area contributed by atoms with Gasteiger partial charge >= 0.3 is 0 Å². The van der Waals surface area contributed by atoms with E-state index in [0.29, 0.717) is 34.1 Å². The molecular formula is C16H16FNO3. The molecule has 1 aliphatic rings. The van der Waals surface area contributed by atoms with E-state index in [1.165, 1.54) is 6.07 Å². The topological polar surface area (TPSA) is 53.7 Å². The summed E-state index contributed by atoms with van der Waals surface area (Å²) >= 11 is 0. The molecule has 0 saturated heterocycles. The molecule has 2 N–H and O–H groups in total. The highest BCUT2D eigenvalue weighted by molar-refractivity contribution is 5.49. The van der Waals surface area contributed by atoms with Crippen LogP contribution >= 0.6 is 0 Å². The summed E-state index contributed by atoms with van der Waals surface area (Å²) in [5.41, 5.74) is 7.02. The van der Waals surface area contributed by atoms with Gasteiger partial charge in [0.25, 0.3) is 0 Å². The van der Waals surface area contributed by atoms with Crippen molar-refractivity contribution in [2.24, 2.45) is 5.73 Å². The lowest BCUT2D eigenvalue weighted by molar-refractivity contribution is 0.174. The van der Waals surface area contributed by atoms with Crippen LogP contribution in [0.1, 0.15) is 24.1 Å². The predicted molar refractivity (Wildman–Crippen MR) is 76.4 cm³/mol. The molecule has 0 saturated carbocycles. The molecular weight excluding hydrogens is 273 g/mol. The van der Waals surface area contributed by atoms with Crippen LogP contribution in [0.4, 0.5) is 4.39 Å². The van der Waals surface area contributed by atoms with Crippen LogP contribution in [-0.2, 0) is 0 Å². The van der Waals surface area contributed by atoms with Crippen LogP contribution in [0.15, 0.2) is 30.3 Å². The number of aryl methyl sites for hydroxylation is 1. The van der Waals surface area contributed by atoms with Crippen LogP contribution in [-0.4, -0.2) is 6.79 Å². The van der Waals surface area contributed by atoms with E-state index in [4.69, 9.17) is 19.9 Å². The van der Waals surface area contributed by atoms with E-state index in [2.05, 4.69) is 0 Å². The molecule has 110 valence electrons. The van der Waals surface area contributed by atoms with Crippen molar-refractivity contribution in [3.8, 4) is 23.0 Å². The molecule has 4 nitrogen and oxygen atoms in total. The van der Waals surface area contributed by atoms with Gasteiger partial charge in [-0.2, -0.15) is 0 Å². The number of rotatable bonds is 3. The van der Waals surface area contributed by atoms with Crippen LogP contribution in [0.25, 0.3) is 0 Å². The third-order valence-electron chi connectivity index (χ3n) is 3.35. The Kier molecular flexibility index (Phi) is 3.43. The molecule has 0 radical (unpaired) electrons. The van der Waals surface area contributed by atoms with E-state index in [0.717, 1.165) is 0 Å². The molecule has 3 rings (SSSR count). The maximum absolute atomic E-state index is 13.7. The van der Waals surface area contributed by atoms with Crippen molar-refractivity contribution >= 4 is 0 Å². The van der Waals surface area contributed by atoms with Crippen molar-refractivity contribution in [1.29, 1.82) is 0 Å². The predicted octanol–water partition coefficient (Wildman–Crippen LogP) is 3.67. The van der Waals surface area contributed by atoms with Gasteiger partial charge in [0.15, 0.2) is 11.5 Å². The fourth-order valence-corrected chi connectivity index (χ4v) is 2.18. The summed E-state index contributed by atoms with van der Waals surface area (Å²) in [5, 5.41) is 0. The summed E-state index contributed by atoms with van der Waals surface area (Å²) in [6, 6.07) is 8.04. The molecule has 0 unspecified atom stereocenters. The first kappa shape index (κ1) is 13.7. The quantitative estimate of drug-likeness (QED) is 0.936. The molecule has 1 heterocycles. The van der Waals surface area contributed by atoms with E-state index < -0.39 is 0 Å². The summed E-state index contributed by atoms with van der Waals surface area (Å²) in [4.78, 5) is 0. The fourth-order valence-electron chi connectivity index (χ4n) is 2.18. The minimum atomic E-state index is -0.330. The lowest BCUT2D eigenvalue weighted by Crippen LogP contribution is -2.08. The first-order chi connectivity index (χ1) is 10.0. The van der Waals surface area contributed by atoms with Crippen LogP contribution in [0.5, 0.6) is 23.0 Å². The SMILES string of the molecule is Cc1cc(Oc2ccc3c(c2)OCO3)c([C@@H](C)N)cc1F. The first-order valence-electron chi connectivity index (χ1n) is 6.67. The number of fused-ring (bicyclic) bond motifs is 1. The van der Waals surface area contributed by atoms with Crippen LogP contribution in [0.3, 0.4) is 0 Å². The highest BCUT2D eigenvalue weighted by atomic mass is 19.1. The van der Waals surface area contributed by atoms with Gasteiger partial charge in [0.2, 0.25) is 6.79 Å². The minimum Gasteiger partial charge on any atom is -0.457 e. The monoisotopic (exact) mass is 289 g/mol. The zero-order valence-electron chi connectivity index (χ0n) is 11.9. The van der Waals surface area contributed by atoms with Gasteiger partial charge in [-0.3, -0.25) is 0 Å². The Morgan fingerprint density at radius 1 is 1.19 bits per heavy atom. The largest absolute Gasteiger partial charge is 0.457 e. The maximum Gasteiger partial charge on any atom is 0.231 e. The third-order valence-corrected chi connectivity index (χ3v) is 3.35. The highest BCUT2D eigenvalue weighted by Gasteiger charge is 2.16. The number of benzene rings is 2. The normalized spacial score (nSPS) is 14.1. The number of ether oxygens (including phenoxy) is 3. The molecule has 1 aliphatic heterocycles. The van der Waals surface area contributed by atoms with Gasteiger partial charge in [0.1, 0.15) is 17.3 Å². The Morgan fingerprint density at radius 2 is 1.95 bits per heavy atom. The van der Waals surface area contributed by atoms with Crippen molar-refractivity contribution in [2.75, 3.05) is 6.79 Å². The van der Waals surface area contributed by atoms with Crippen LogP contribution in [0.2, 0.25) is 0 Å². The average molecular weight is 289 g/mol. The molecule has 1 atom stereocenters. The average Bonchev–Trinajstić information content (AvgIpc) is 2.89. The minimum absolute atomic E-state index is 0.208. The maximum atomic E-state index is 13.7. The van der Waals surface area contributed by atoms with Gasteiger partial charge in [-0.05, 0) is 43.7 Å². The number of nitrogens with two attached hydrogens (primary N) is 1. The Bertz CT molecular complexity index is 685. The van der Waals surface area contributed by atoms with Gasteiger partial charge in [0.05, 0.1) is 0 Å². The summed E-state index contributed by atoms with van der Waals surface area (Å²) in [6.45, 7) is 3.68. The highest BCUT2D eigenvalue weighted by Crippen LogP contribution is 2.38. The van der Waals surface area contributed by atoms with Crippen LogP contribution < -0.4 is 19.9 Å². The van der Waals surface area contributed by atoms with E-state index in [1.54, 1.807) is 38.1 Å². The molecule has 21 heavy (non-hydrogen) atoms. The zero-order chi connectivity index (χ0) is 15.0. The summed E-state index contributed by atoms with van der Waals surface area (Å²) in [7, 11) is 0. The van der Waals surface area contributed by atoms with E-state index in [9.17, 15) is 4.39 Å². The number of hydrogen-bond donors (Lipinski definition) is 1. The van der Waals surface area contributed by atoms with Crippen molar-refractivity contribution in [3.63, 3.8) is 0 Å². The molecule has 2 aromatic rings. The first-order valence-corrected chi connectivity index (χ1v) is 6.67. The Hall–Kier alpha value is -2.27. The van der Waals surface area contributed by atoms with Crippen molar-refractivity contribution in [2.45, 2.75) is 19.9 Å². The number of halogens is 1. The summed E-state index contributed by atoms with van der Waals surface area (Å²) < 4.78 is 30.1. The molecule has 0 aliphatic carbocycles. The molecule has 0 bridgehead atoms. The van der Waals surface area contributed by atoms with Gasteiger partial charge in [-0.1, -0.05) is 0 Å². The lowest BCUT2D eigenvalue weighted by Gasteiger charge is -2.15. The zero-order valence-corrected chi connectivity index (χ0v) is 11.9. The van der Waals surface area contributed by atoms with Crippen molar-refractivity contribution in [1.82, 2.24) is 0 Å². The van der Waals surface area contributed by atoms with Gasteiger partial charge in [-0.25, -0.2) is 4.39 Å². The standard InChI is InChI=1S/C16H16FNO3/c1-9-5-15(12(10(2)18)7-13(9)17)21-11-3-4-14-16(6-11)20-8-19-14/h3-7,10H,8,18H2,1-2H3/t10-/m1/s1. The number of hydrogen-bond acceptors (Lipinski definition) is 4. The molecule has 2 aromatic carbocycles.